The SMILES string of the molecule is Cc1nc2cc(Nc3c(F)cccc3Cl)c(N)cc2s1. The Morgan fingerprint density at radius 3 is 2.90 bits per heavy atom. The van der Waals surface area contributed by atoms with Crippen molar-refractivity contribution in [3.8, 4) is 0 Å². The maximum Gasteiger partial charge on any atom is 0.148 e. The van der Waals surface area contributed by atoms with E-state index in [0.717, 1.165) is 15.2 Å². The summed E-state index contributed by atoms with van der Waals surface area (Å²) in [6, 6.07) is 8.15. The van der Waals surface area contributed by atoms with E-state index in [1.54, 1.807) is 29.5 Å². The van der Waals surface area contributed by atoms with Crippen LogP contribution in [0.5, 0.6) is 0 Å². The predicted octanol–water partition coefficient (Wildman–Crippen LogP) is 4.72. The second-order valence-electron chi connectivity index (χ2n) is 4.36. The second-order valence-corrected chi connectivity index (χ2v) is 6.00. The van der Waals surface area contributed by atoms with Gasteiger partial charge in [-0.05, 0) is 31.2 Å². The Labute approximate surface area is 124 Å². The number of nitrogen functional groups attached to an aromatic ring is 1. The van der Waals surface area contributed by atoms with Crippen molar-refractivity contribution in [2.75, 3.05) is 11.1 Å². The van der Waals surface area contributed by atoms with Gasteiger partial charge in [0.1, 0.15) is 5.82 Å². The standard InChI is InChI=1S/C14H11ClFN3S/c1-7-18-12-6-11(10(17)5-13(12)20-7)19-14-8(15)3-2-4-9(14)16/h2-6,19H,17H2,1H3. The highest BCUT2D eigenvalue weighted by Crippen LogP contribution is 2.34. The minimum absolute atomic E-state index is 0.215. The van der Waals surface area contributed by atoms with Crippen molar-refractivity contribution < 1.29 is 4.39 Å². The van der Waals surface area contributed by atoms with Crippen LogP contribution in [0.1, 0.15) is 5.01 Å². The lowest BCUT2D eigenvalue weighted by Gasteiger charge is -2.11. The summed E-state index contributed by atoms with van der Waals surface area (Å²) in [5.74, 6) is -0.425. The topological polar surface area (TPSA) is 50.9 Å². The van der Waals surface area contributed by atoms with Crippen molar-refractivity contribution in [1.82, 2.24) is 4.98 Å². The van der Waals surface area contributed by atoms with E-state index in [2.05, 4.69) is 10.3 Å². The molecule has 0 saturated carbocycles. The molecule has 0 amide bonds. The number of nitrogens with two attached hydrogens (primary N) is 1. The number of thiazole rings is 1. The second kappa shape index (κ2) is 4.92. The summed E-state index contributed by atoms with van der Waals surface area (Å²) in [6.07, 6.45) is 0. The molecule has 0 aliphatic carbocycles. The number of aryl methyl sites for hydroxylation is 1. The minimum Gasteiger partial charge on any atom is -0.397 e. The Kier molecular flexibility index (Phi) is 3.23. The number of fused-ring (bicyclic) bond motifs is 1. The number of anilines is 3. The van der Waals surface area contributed by atoms with E-state index in [4.69, 9.17) is 17.3 Å². The van der Waals surface area contributed by atoms with Gasteiger partial charge in [0.15, 0.2) is 0 Å². The summed E-state index contributed by atoms with van der Waals surface area (Å²) in [6.45, 7) is 1.93. The summed E-state index contributed by atoms with van der Waals surface area (Å²) < 4.78 is 14.8. The van der Waals surface area contributed by atoms with Crippen LogP contribution in [0.25, 0.3) is 10.2 Å². The molecule has 0 radical (unpaired) electrons. The third-order valence-corrected chi connectivity index (χ3v) is 4.14. The first kappa shape index (κ1) is 13.1. The number of benzene rings is 2. The lowest BCUT2D eigenvalue weighted by molar-refractivity contribution is 0.632. The number of nitrogens with one attached hydrogen (secondary N) is 1. The molecule has 0 spiro atoms. The highest BCUT2D eigenvalue weighted by Gasteiger charge is 2.11. The fourth-order valence-electron chi connectivity index (χ4n) is 1.96. The molecule has 1 aromatic heterocycles. The van der Waals surface area contributed by atoms with E-state index < -0.39 is 5.82 Å². The molecule has 3 rings (SSSR count). The van der Waals surface area contributed by atoms with Crippen molar-refractivity contribution in [3.63, 3.8) is 0 Å². The third-order valence-electron chi connectivity index (χ3n) is 2.89. The van der Waals surface area contributed by atoms with Crippen LogP contribution < -0.4 is 11.1 Å². The van der Waals surface area contributed by atoms with Gasteiger partial charge in [0.25, 0.3) is 0 Å². The molecule has 3 N–H and O–H groups in total. The zero-order valence-electron chi connectivity index (χ0n) is 10.6. The van der Waals surface area contributed by atoms with Crippen LogP contribution >= 0.6 is 22.9 Å². The molecule has 6 heteroatoms. The fraction of sp³-hybridized carbons (Fsp3) is 0.0714. The maximum atomic E-state index is 13.8. The number of para-hydroxylation sites is 1. The van der Waals surface area contributed by atoms with Crippen molar-refractivity contribution in [3.05, 3.63) is 46.2 Å². The van der Waals surface area contributed by atoms with Crippen molar-refractivity contribution in [2.24, 2.45) is 0 Å². The third kappa shape index (κ3) is 2.30. The summed E-state index contributed by atoms with van der Waals surface area (Å²) in [5, 5.41) is 4.21. The molecular weight excluding hydrogens is 297 g/mol. The first-order chi connectivity index (χ1) is 9.54. The van der Waals surface area contributed by atoms with E-state index >= 15 is 0 Å². The molecule has 1 heterocycles. The monoisotopic (exact) mass is 307 g/mol. The van der Waals surface area contributed by atoms with Crippen LogP contribution in [0.4, 0.5) is 21.5 Å². The van der Waals surface area contributed by atoms with Crippen LogP contribution in [0.2, 0.25) is 5.02 Å². The molecule has 0 fully saturated rings. The molecule has 102 valence electrons. The van der Waals surface area contributed by atoms with E-state index in [9.17, 15) is 4.39 Å². The Balaban J connectivity index is 2.08. The first-order valence-electron chi connectivity index (χ1n) is 5.92. The van der Waals surface area contributed by atoms with Gasteiger partial charge in [-0.15, -0.1) is 11.3 Å². The van der Waals surface area contributed by atoms with Gasteiger partial charge in [-0.25, -0.2) is 9.37 Å². The quantitative estimate of drug-likeness (QED) is 0.673. The highest BCUT2D eigenvalue weighted by atomic mass is 35.5. The van der Waals surface area contributed by atoms with Gasteiger partial charge in [0.05, 0.1) is 37.3 Å². The Hall–Kier alpha value is -1.85. The van der Waals surface area contributed by atoms with Crippen LogP contribution in [0.15, 0.2) is 30.3 Å². The molecule has 0 unspecified atom stereocenters. The molecular formula is C14H11ClFN3S. The van der Waals surface area contributed by atoms with Gasteiger partial charge < -0.3 is 11.1 Å². The van der Waals surface area contributed by atoms with E-state index in [0.29, 0.717) is 16.4 Å². The molecule has 0 aliphatic rings. The van der Waals surface area contributed by atoms with Crippen LogP contribution in [-0.4, -0.2) is 4.98 Å². The molecule has 3 nitrogen and oxygen atoms in total. The van der Waals surface area contributed by atoms with Gasteiger partial charge in [0.2, 0.25) is 0 Å². The van der Waals surface area contributed by atoms with Gasteiger partial charge in [-0.2, -0.15) is 0 Å². The van der Waals surface area contributed by atoms with Crippen molar-refractivity contribution in [2.45, 2.75) is 6.92 Å². The Morgan fingerprint density at radius 1 is 1.35 bits per heavy atom. The smallest absolute Gasteiger partial charge is 0.148 e. The number of nitrogens with zero attached hydrogens (tertiary/aromatic N) is 1. The zero-order valence-corrected chi connectivity index (χ0v) is 12.1. The zero-order chi connectivity index (χ0) is 14.3. The molecule has 3 aromatic rings. The summed E-state index contributed by atoms with van der Waals surface area (Å²) in [7, 11) is 0. The Morgan fingerprint density at radius 2 is 2.15 bits per heavy atom. The first-order valence-corrected chi connectivity index (χ1v) is 7.12. The van der Waals surface area contributed by atoms with Gasteiger partial charge in [-0.3, -0.25) is 0 Å². The minimum atomic E-state index is -0.425. The van der Waals surface area contributed by atoms with Crippen LogP contribution in [0, 0.1) is 12.7 Å². The number of aromatic nitrogens is 1. The summed E-state index contributed by atoms with van der Waals surface area (Å²) in [5.41, 5.74) is 8.16. The Bertz CT molecular complexity index is 780. The van der Waals surface area contributed by atoms with E-state index in [-0.39, 0.29) is 5.69 Å². The van der Waals surface area contributed by atoms with Gasteiger partial charge in [0, 0.05) is 0 Å². The summed E-state index contributed by atoms with van der Waals surface area (Å²) in [4.78, 5) is 4.40. The molecule has 20 heavy (non-hydrogen) atoms. The summed E-state index contributed by atoms with van der Waals surface area (Å²) >= 11 is 7.57. The molecule has 0 saturated heterocycles. The average Bonchev–Trinajstić information content (AvgIpc) is 2.73. The normalized spacial score (nSPS) is 10.9. The predicted molar refractivity (Wildman–Crippen MR) is 83.5 cm³/mol. The van der Waals surface area contributed by atoms with Crippen LogP contribution in [-0.2, 0) is 0 Å². The maximum absolute atomic E-state index is 13.8. The number of halogens is 2. The van der Waals surface area contributed by atoms with E-state index in [1.165, 1.54) is 6.07 Å². The van der Waals surface area contributed by atoms with Crippen molar-refractivity contribution >= 4 is 50.2 Å². The largest absolute Gasteiger partial charge is 0.397 e. The molecule has 0 bridgehead atoms. The van der Waals surface area contributed by atoms with Gasteiger partial charge >= 0.3 is 0 Å². The number of rotatable bonds is 2. The number of hydrogen-bond donors (Lipinski definition) is 2. The molecule has 0 atom stereocenters. The lowest BCUT2D eigenvalue weighted by Crippen LogP contribution is -1.99. The van der Waals surface area contributed by atoms with Gasteiger partial charge in [-0.1, -0.05) is 17.7 Å². The highest BCUT2D eigenvalue weighted by molar-refractivity contribution is 7.18. The van der Waals surface area contributed by atoms with Crippen molar-refractivity contribution in [1.29, 1.82) is 0 Å². The average molecular weight is 308 g/mol. The van der Waals surface area contributed by atoms with E-state index in [1.807, 2.05) is 13.0 Å². The fourth-order valence-corrected chi connectivity index (χ4v) is 3.03. The molecule has 0 aliphatic heterocycles. The number of hydrogen-bond acceptors (Lipinski definition) is 4. The lowest BCUT2D eigenvalue weighted by atomic mass is 10.2. The van der Waals surface area contributed by atoms with Crippen LogP contribution in [0.3, 0.4) is 0 Å². The molecule has 2 aromatic carbocycles.